The Morgan fingerprint density at radius 1 is 0.917 bits per heavy atom. The van der Waals surface area contributed by atoms with Gasteiger partial charge in [0.25, 0.3) is 0 Å². The monoisotopic (exact) mass is 504 g/mol. The molecule has 0 radical (unpaired) electrons. The Bertz CT molecular complexity index is 1620. The van der Waals surface area contributed by atoms with Crippen LogP contribution in [0.25, 0.3) is 32.7 Å². The van der Waals surface area contributed by atoms with Crippen LogP contribution in [0.3, 0.4) is 0 Å². The third-order valence-corrected chi connectivity index (χ3v) is 6.03. The fraction of sp³-hybridized carbons (Fsp3) is 0.348. The number of phenolic OH excluding ortho intramolecular Hbond substituents is 2. The first-order chi connectivity index (χ1) is 17.0. The van der Waals surface area contributed by atoms with Crippen LogP contribution in [-0.4, -0.2) is 64.2 Å². The summed E-state index contributed by atoms with van der Waals surface area (Å²) in [5.74, 6) is -2.51. The van der Waals surface area contributed by atoms with Crippen LogP contribution in [0.2, 0.25) is 0 Å². The van der Waals surface area contributed by atoms with Crippen LogP contribution in [0.5, 0.6) is 23.0 Å². The summed E-state index contributed by atoms with van der Waals surface area (Å²) in [6.07, 6.45) is -7.11. The van der Waals surface area contributed by atoms with Crippen molar-refractivity contribution in [1.82, 2.24) is 0 Å². The van der Waals surface area contributed by atoms with Gasteiger partial charge in [-0.2, -0.15) is 0 Å². The van der Waals surface area contributed by atoms with Crippen molar-refractivity contribution in [1.29, 1.82) is 0 Å². The number of phenols is 2. The number of aliphatic hydroxyl groups excluding tert-OH is 2. The molecule has 2 aromatic carbocycles. The van der Waals surface area contributed by atoms with Crippen molar-refractivity contribution in [2.24, 2.45) is 0 Å². The number of carbonyl (C=O) groups excluding carboxylic acids is 1. The quantitative estimate of drug-likeness (QED) is 0.172. The molecule has 36 heavy (non-hydrogen) atoms. The molecule has 3 heterocycles. The first kappa shape index (κ1) is 23.7. The van der Waals surface area contributed by atoms with Crippen molar-refractivity contribution in [3.8, 4) is 23.0 Å². The van der Waals surface area contributed by atoms with E-state index < -0.39 is 65.2 Å². The zero-order valence-corrected chi connectivity index (χ0v) is 19.0. The van der Waals surface area contributed by atoms with E-state index in [1.54, 1.807) is 0 Å². The fourth-order valence-corrected chi connectivity index (χ4v) is 4.45. The minimum absolute atomic E-state index is 0.0126. The molecule has 1 aliphatic heterocycles. The van der Waals surface area contributed by atoms with Gasteiger partial charge in [0.15, 0.2) is 28.8 Å². The zero-order valence-electron chi connectivity index (χ0n) is 19.0. The molecule has 5 rings (SSSR count). The SMILES string of the molecule is COc1c(O)cc2c(=O)oc3c(O[C@@H]4O[C@H](C)[C@H](OC(C)=O)[C@@H](O)[C@H]4O)c(O)cc4c(=O)oc1c2c34. The van der Waals surface area contributed by atoms with E-state index in [4.69, 9.17) is 27.8 Å². The molecule has 2 aromatic heterocycles. The third kappa shape index (κ3) is 3.39. The molecule has 0 spiro atoms. The van der Waals surface area contributed by atoms with Gasteiger partial charge in [0, 0.05) is 17.7 Å². The lowest BCUT2D eigenvalue weighted by Gasteiger charge is -2.40. The van der Waals surface area contributed by atoms with E-state index in [9.17, 15) is 34.8 Å². The van der Waals surface area contributed by atoms with Gasteiger partial charge in [-0.25, -0.2) is 9.59 Å². The second-order valence-electron chi connectivity index (χ2n) is 8.32. The number of aliphatic hydroxyl groups is 2. The van der Waals surface area contributed by atoms with Crippen molar-refractivity contribution in [2.75, 3.05) is 7.11 Å². The molecule has 0 unspecified atom stereocenters. The van der Waals surface area contributed by atoms with E-state index in [1.807, 2.05) is 0 Å². The van der Waals surface area contributed by atoms with Gasteiger partial charge in [-0.05, 0) is 19.1 Å². The maximum Gasteiger partial charge on any atom is 0.344 e. The lowest BCUT2D eigenvalue weighted by atomic mass is 9.99. The highest BCUT2D eigenvalue weighted by atomic mass is 16.7. The summed E-state index contributed by atoms with van der Waals surface area (Å²) in [6.45, 7) is 2.59. The smallest absolute Gasteiger partial charge is 0.344 e. The van der Waals surface area contributed by atoms with Crippen LogP contribution in [0, 0.1) is 0 Å². The van der Waals surface area contributed by atoms with Crippen LogP contribution >= 0.6 is 0 Å². The van der Waals surface area contributed by atoms with Crippen LogP contribution in [0.15, 0.2) is 30.6 Å². The minimum atomic E-state index is -1.75. The number of esters is 1. The van der Waals surface area contributed by atoms with Gasteiger partial charge in [-0.1, -0.05) is 0 Å². The van der Waals surface area contributed by atoms with Crippen molar-refractivity contribution in [3.05, 3.63) is 33.0 Å². The summed E-state index contributed by atoms with van der Waals surface area (Å²) in [6, 6.07) is 2.10. The molecular weight excluding hydrogens is 484 g/mol. The number of benzene rings is 2. The number of carbonyl (C=O) groups is 1. The van der Waals surface area contributed by atoms with E-state index in [0.717, 1.165) is 19.1 Å². The molecule has 190 valence electrons. The zero-order chi connectivity index (χ0) is 26.0. The van der Waals surface area contributed by atoms with E-state index in [-0.39, 0.29) is 38.5 Å². The summed E-state index contributed by atoms with van der Waals surface area (Å²) in [5.41, 5.74) is -2.52. The average molecular weight is 504 g/mol. The van der Waals surface area contributed by atoms with Gasteiger partial charge >= 0.3 is 17.2 Å². The molecule has 1 saturated heterocycles. The van der Waals surface area contributed by atoms with Crippen LogP contribution < -0.4 is 20.7 Å². The lowest BCUT2D eigenvalue weighted by Crippen LogP contribution is -2.59. The first-order valence-corrected chi connectivity index (χ1v) is 10.7. The second kappa shape index (κ2) is 8.26. The average Bonchev–Trinajstić information content (AvgIpc) is 2.81. The Balaban J connectivity index is 1.71. The molecule has 1 fully saturated rings. The largest absolute Gasteiger partial charge is 0.504 e. The van der Waals surface area contributed by atoms with Gasteiger partial charge in [0.2, 0.25) is 17.8 Å². The Kier molecular flexibility index (Phi) is 5.43. The van der Waals surface area contributed by atoms with Gasteiger partial charge in [0.05, 0.1) is 24.0 Å². The minimum Gasteiger partial charge on any atom is -0.504 e. The first-order valence-electron chi connectivity index (χ1n) is 10.7. The topological polar surface area (TPSA) is 195 Å². The van der Waals surface area contributed by atoms with Gasteiger partial charge in [-0.15, -0.1) is 0 Å². The number of ether oxygens (including phenoxy) is 4. The van der Waals surface area contributed by atoms with Crippen molar-refractivity contribution >= 4 is 38.7 Å². The molecule has 4 aromatic rings. The molecule has 0 amide bonds. The molecule has 13 nitrogen and oxygen atoms in total. The maximum absolute atomic E-state index is 12.8. The second-order valence-corrected chi connectivity index (χ2v) is 8.32. The Morgan fingerprint density at radius 2 is 1.44 bits per heavy atom. The highest BCUT2D eigenvalue weighted by molar-refractivity contribution is 6.22. The maximum atomic E-state index is 12.8. The summed E-state index contributed by atoms with van der Waals surface area (Å²) < 4.78 is 32.0. The summed E-state index contributed by atoms with van der Waals surface area (Å²) in [7, 11) is 1.23. The van der Waals surface area contributed by atoms with E-state index >= 15 is 0 Å². The van der Waals surface area contributed by atoms with Gasteiger partial charge in [-0.3, -0.25) is 4.79 Å². The molecule has 0 bridgehead atoms. The Morgan fingerprint density at radius 3 is 1.97 bits per heavy atom. The Labute approximate surface area is 199 Å². The molecule has 4 N–H and O–H groups in total. The van der Waals surface area contributed by atoms with Crippen molar-refractivity contribution in [2.45, 2.75) is 44.6 Å². The fourth-order valence-electron chi connectivity index (χ4n) is 4.45. The van der Waals surface area contributed by atoms with E-state index in [0.29, 0.717) is 0 Å². The van der Waals surface area contributed by atoms with Crippen molar-refractivity contribution < 1.29 is 53.0 Å². The molecule has 5 atom stereocenters. The number of rotatable bonds is 4. The van der Waals surface area contributed by atoms with Crippen LogP contribution in [0.1, 0.15) is 13.8 Å². The summed E-state index contributed by atoms with van der Waals surface area (Å²) in [5, 5.41) is 41.7. The summed E-state index contributed by atoms with van der Waals surface area (Å²) in [4.78, 5) is 36.9. The molecule has 1 aliphatic rings. The Hall–Kier alpha value is -4.07. The number of hydrogen-bond acceptors (Lipinski definition) is 13. The highest BCUT2D eigenvalue weighted by Gasteiger charge is 2.46. The molecule has 0 aliphatic carbocycles. The summed E-state index contributed by atoms with van der Waals surface area (Å²) >= 11 is 0. The van der Waals surface area contributed by atoms with E-state index in [2.05, 4.69) is 0 Å². The van der Waals surface area contributed by atoms with Crippen LogP contribution in [-0.2, 0) is 14.3 Å². The van der Waals surface area contributed by atoms with Crippen LogP contribution in [0.4, 0.5) is 0 Å². The predicted octanol–water partition coefficient (Wildman–Crippen LogP) is 0.687. The highest BCUT2D eigenvalue weighted by Crippen LogP contribution is 2.46. The standard InChI is InChI=1S/C23H20O13/c1-6-16(33-7(2)24)14(27)15(28)23(32-6)36-18-11(26)5-9-13-12-8(22(30)35-20(13)18)4-10(25)17(31-3)19(12)34-21(9)29/h4-6,14-16,23,25-28H,1-3H3/t6-,14+,15-,16+,23+/m1/s1. The number of hydrogen-bond donors (Lipinski definition) is 4. The van der Waals surface area contributed by atoms with Crippen molar-refractivity contribution in [3.63, 3.8) is 0 Å². The molecular formula is C23H20O13. The van der Waals surface area contributed by atoms with Gasteiger partial charge < -0.3 is 48.2 Å². The lowest BCUT2D eigenvalue weighted by molar-refractivity contribution is -0.272. The third-order valence-electron chi connectivity index (χ3n) is 6.03. The van der Waals surface area contributed by atoms with E-state index in [1.165, 1.54) is 14.0 Å². The number of methoxy groups -OCH3 is 1. The number of aromatic hydroxyl groups is 2. The molecule has 13 heteroatoms. The van der Waals surface area contributed by atoms with Gasteiger partial charge in [0.1, 0.15) is 12.2 Å². The predicted molar refractivity (Wildman–Crippen MR) is 120 cm³/mol. The normalized spacial score (nSPS) is 24.4. The molecule has 0 saturated carbocycles.